The molecule has 0 N–H and O–H groups in total. The molecule has 0 aliphatic heterocycles. The molecule has 0 unspecified atom stereocenters. The first-order valence-corrected chi connectivity index (χ1v) is 7.48. The van der Waals surface area contributed by atoms with Crippen LogP contribution in [0.4, 0.5) is 0 Å². The molecule has 0 aliphatic carbocycles. The monoisotopic (exact) mass is 374 g/mol. The lowest BCUT2D eigenvalue weighted by atomic mass is 10.1. The lowest BCUT2D eigenvalue weighted by Gasteiger charge is -2.10. The molecule has 2 aromatic carbocycles. The van der Waals surface area contributed by atoms with Gasteiger partial charge in [0.15, 0.2) is 0 Å². The Balaban J connectivity index is 2.49. The number of fused-ring (bicyclic) bond motifs is 6. The first-order chi connectivity index (χ1) is 9.27. The van der Waals surface area contributed by atoms with E-state index in [1.807, 2.05) is 6.20 Å². The van der Waals surface area contributed by atoms with Gasteiger partial charge in [0.1, 0.15) is 10.3 Å². The maximum absolute atomic E-state index is 4.53. The number of pyridine rings is 1. The Morgan fingerprint density at radius 2 is 1.58 bits per heavy atom. The van der Waals surface area contributed by atoms with Crippen molar-refractivity contribution < 1.29 is 0 Å². The lowest BCUT2D eigenvalue weighted by Crippen LogP contribution is -1.92. The molecule has 2 nitrogen and oxygen atoms in total. The fourth-order valence-corrected chi connectivity index (χ4v) is 3.60. The zero-order valence-corrected chi connectivity index (χ0v) is 12.9. The first-order valence-electron chi connectivity index (χ1n) is 5.89. The molecule has 2 aromatic heterocycles. The van der Waals surface area contributed by atoms with Crippen molar-refractivity contribution in [3.05, 3.63) is 57.7 Å². The molecule has 0 spiro atoms. The Morgan fingerprint density at radius 1 is 0.842 bits per heavy atom. The summed E-state index contributed by atoms with van der Waals surface area (Å²) >= 11 is 7.24. The zero-order chi connectivity index (χ0) is 13.0. The van der Waals surface area contributed by atoms with Crippen molar-refractivity contribution in [1.29, 1.82) is 0 Å². The standard InChI is InChI=1S/C15H8Br2N2/c16-12-7-3-6-10-9-4-1-2-5-11(9)15-18-8-13(17)19(15)14(10)12/h1-8H. The highest BCUT2D eigenvalue weighted by molar-refractivity contribution is 9.11. The summed E-state index contributed by atoms with van der Waals surface area (Å²) in [4.78, 5) is 4.53. The number of benzene rings is 2. The molecular weight excluding hydrogens is 368 g/mol. The van der Waals surface area contributed by atoms with Crippen LogP contribution in [0.3, 0.4) is 0 Å². The van der Waals surface area contributed by atoms with Crippen molar-refractivity contribution in [2.24, 2.45) is 0 Å². The van der Waals surface area contributed by atoms with Crippen LogP contribution in [-0.4, -0.2) is 9.38 Å². The minimum atomic E-state index is 0.963. The highest BCUT2D eigenvalue weighted by atomic mass is 79.9. The van der Waals surface area contributed by atoms with Crippen molar-refractivity contribution in [2.75, 3.05) is 0 Å². The van der Waals surface area contributed by atoms with Gasteiger partial charge in [-0.05, 0) is 43.3 Å². The zero-order valence-electron chi connectivity index (χ0n) is 9.77. The minimum absolute atomic E-state index is 0.963. The van der Waals surface area contributed by atoms with Gasteiger partial charge in [0.05, 0.1) is 11.7 Å². The summed E-state index contributed by atoms with van der Waals surface area (Å²) in [5.74, 6) is 0. The van der Waals surface area contributed by atoms with E-state index in [0.717, 1.165) is 20.2 Å². The summed E-state index contributed by atoms with van der Waals surface area (Å²) < 4.78 is 4.17. The SMILES string of the molecule is Brc1cccc2c3ccccc3c3ncc(Br)n3c12. The van der Waals surface area contributed by atoms with Gasteiger partial charge in [0.25, 0.3) is 0 Å². The van der Waals surface area contributed by atoms with E-state index in [-0.39, 0.29) is 0 Å². The maximum Gasteiger partial charge on any atom is 0.146 e. The van der Waals surface area contributed by atoms with Crippen LogP contribution in [0.25, 0.3) is 27.3 Å². The number of hydrogen-bond acceptors (Lipinski definition) is 1. The molecule has 0 radical (unpaired) electrons. The third-order valence-corrected chi connectivity index (χ3v) is 4.59. The van der Waals surface area contributed by atoms with E-state index in [2.05, 4.69) is 83.7 Å². The van der Waals surface area contributed by atoms with E-state index in [4.69, 9.17) is 0 Å². The maximum atomic E-state index is 4.53. The van der Waals surface area contributed by atoms with E-state index in [1.165, 1.54) is 16.2 Å². The molecule has 0 saturated carbocycles. The Labute approximate surface area is 126 Å². The number of aromatic nitrogens is 2. The van der Waals surface area contributed by atoms with E-state index >= 15 is 0 Å². The van der Waals surface area contributed by atoms with Gasteiger partial charge in [-0.3, -0.25) is 4.40 Å². The van der Waals surface area contributed by atoms with Gasteiger partial charge in [-0.15, -0.1) is 0 Å². The second-order valence-electron chi connectivity index (χ2n) is 4.42. The van der Waals surface area contributed by atoms with Gasteiger partial charge in [-0.1, -0.05) is 36.4 Å². The van der Waals surface area contributed by atoms with Gasteiger partial charge in [0, 0.05) is 15.2 Å². The third-order valence-electron chi connectivity index (χ3n) is 3.39. The topological polar surface area (TPSA) is 17.3 Å². The van der Waals surface area contributed by atoms with Crippen LogP contribution >= 0.6 is 31.9 Å². The van der Waals surface area contributed by atoms with Gasteiger partial charge in [-0.25, -0.2) is 4.98 Å². The largest absolute Gasteiger partial charge is 0.285 e. The summed E-state index contributed by atoms with van der Waals surface area (Å²) in [7, 11) is 0. The van der Waals surface area contributed by atoms with E-state index in [9.17, 15) is 0 Å². The molecule has 0 aliphatic rings. The predicted molar refractivity (Wildman–Crippen MR) is 85.6 cm³/mol. The van der Waals surface area contributed by atoms with Crippen LogP contribution in [0.5, 0.6) is 0 Å². The summed E-state index contributed by atoms with van der Waals surface area (Å²) in [5.41, 5.74) is 2.11. The Kier molecular flexibility index (Phi) is 2.44. The van der Waals surface area contributed by atoms with Crippen molar-refractivity contribution in [2.45, 2.75) is 0 Å². The van der Waals surface area contributed by atoms with Crippen molar-refractivity contribution in [3.8, 4) is 0 Å². The van der Waals surface area contributed by atoms with Crippen molar-refractivity contribution >= 4 is 59.2 Å². The molecule has 0 fully saturated rings. The van der Waals surface area contributed by atoms with Gasteiger partial charge < -0.3 is 0 Å². The number of rotatable bonds is 0. The molecule has 4 rings (SSSR count). The number of nitrogens with zero attached hydrogens (tertiary/aromatic N) is 2. The molecule has 4 aromatic rings. The fraction of sp³-hybridized carbons (Fsp3) is 0. The minimum Gasteiger partial charge on any atom is -0.285 e. The molecule has 19 heavy (non-hydrogen) atoms. The van der Waals surface area contributed by atoms with Gasteiger partial charge in [0.2, 0.25) is 0 Å². The summed E-state index contributed by atoms with van der Waals surface area (Å²) in [6, 6.07) is 14.6. The smallest absolute Gasteiger partial charge is 0.146 e. The first kappa shape index (κ1) is 11.4. The van der Waals surface area contributed by atoms with Gasteiger partial charge >= 0.3 is 0 Å². The van der Waals surface area contributed by atoms with Crippen molar-refractivity contribution in [1.82, 2.24) is 9.38 Å². The number of hydrogen-bond donors (Lipinski definition) is 0. The van der Waals surface area contributed by atoms with Crippen LogP contribution in [0, 0.1) is 0 Å². The third kappa shape index (κ3) is 1.50. The van der Waals surface area contributed by atoms with Crippen LogP contribution in [0.1, 0.15) is 0 Å². The van der Waals surface area contributed by atoms with E-state index in [1.54, 1.807) is 0 Å². The fourth-order valence-electron chi connectivity index (χ4n) is 2.61. The second kappa shape index (κ2) is 4.05. The van der Waals surface area contributed by atoms with Crippen molar-refractivity contribution in [3.63, 3.8) is 0 Å². The highest BCUT2D eigenvalue weighted by Gasteiger charge is 2.13. The van der Waals surface area contributed by atoms with Crippen LogP contribution < -0.4 is 0 Å². The molecule has 0 amide bonds. The summed E-state index contributed by atoms with van der Waals surface area (Å²) in [6.45, 7) is 0. The second-order valence-corrected chi connectivity index (χ2v) is 6.09. The molecule has 2 heterocycles. The summed E-state index contributed by atoms with van der Waals surface area (Å²) in [5, 5.41) is 3.61. The average molecular weight is 376 g/mol. The molecule has 0 bridgehead atoms. The normalized spacial score (nSPS) is 11.7. The van der Waals surface area contributed by atoms with Crippen LogP contribution in [0.15, 0.2) is 57.7 Å². The predicted octanol–water partition coefficient (Wildman–Crippen LogP) is 5.17. The average Bonchev–Trinajstić information content (AvgIpc) is 2.82. The molecule has 0 atom stereocenters. The van der Waals surface area contributed by atoms with Gasteiger partial charge in [-0.2, -0.15) is 0 Å². The van der Waals surface area contributed by atoms with Crippen LogP contribution in [-0.2, 0) is 0 Å². The summed E-state index contributed by atoms with van der Waals surface area (Å²) in [6.07, 6.45) is 1.85. The molecule has 92 valence electrons. The Morgan fingerprint density at radius 3 is 2.42 bits per heavy atom. The van der Waals surface area contributed by atoms with Crippen LogP contribution in [0.2, 0.25) is 0 Å². The number of para-hydroxylation sites is 1. The molecular formula is C15H8Br2N2. The number of imidazole rings is 1. The van der Waals surface area contributed by atoms with E-state index < -0.39 is 0 Å². The van der Waals surface area contributed by atoms with E-state index in [0.29, 0.717) is 0 Å². The highest BCUT2D eigenvalue weighted by Crippen LogP contribution is 2.34. The Hall–Kier alpha value is -1.39. The lowest BCUT2D eigenvalue weighted by molar-refractivity contribution is 1.23. The Bertz CT molecular complexity index is 941. The quantitative estimate of drug-likeness (QED) is 0.388. The number of halogens is 2. The molecule has 4 heteroatoms. The molecule has 0 saturated heterocycles.